The van der Waals surface area contributed by atoms with Crippen molar-refractivity contribution >= 4 is 11.9 Å². The topological polar surface area (TPSA) is 92.4 Å². The van der Waals surface area contributed by atoms with Crippen molar-refractivity contribution in [1.82, 2.24) is 10.5 Å². The van der Waals surface area contributed by atoms with Crippen LogP contribution >= 0.6 is 0 Å². The molecular weight excluding hydrogens is 320 g/mol. The van der Waals surface area contributed by atoms with Gasteiger partial charge in [-0.25, -0.2) is 0 Å². The number of carbonyl (C=O) groups excluding carboxylic acids is 1. The molecule has 0 unspecified atom stereocenters. The number of carboxylic acids is 1. The number of hydrogen-bond acceptors (Lipinski definition) is 4. The third-order valence-corrected chi connectivity index (χ3v) is 3.75. The number of aliphatic carboxylic acids is 1. The van der Waals surface area contributed by atoms with Crippen LogP contribution in [0.15, 0.2) is 59.1 Å². The summed E-state index contributed by atoms with van der Waals surface area (Å²) >= 11 is 0. The second kappa shape index (κ2) is 7.00. The van der Waals surface area contributed by atoms with Crippen LogP contribution < -0.4 is 5.32 Å². The Morgan fingerprint density at radius 1 is 1.04 bits per heavy atom. The summed E-state index contributed by atoms with van der Waals surface area (Å²) in [4.78, 5) is 22.4. The fraction of sp³-hybridized carbons (Fsp3) is 0.105. The molecule has 25 heavy (non-hydrogen) atoms. The lowest BCUT2D eigenvalue weighted by molar-refractivity contribution is -0.135. The van der Waals surface area contributed by atoms with Crippen molar-refractivity contribution in [2.24, 2.45) is 0 Å². The van der Waals surface area contributed by atoms with Crippen molar-refractivity contribution in [3.8, 4) is 22.4 Å². The highest BCUT2D eigenvalue weighted by atomic mass is 16.5. The number of carboxylic acid groups (broad SMARTS) is 1. The molecule has 126 valence electrons. The van der Waals surface area contributed by atoms with E-state index in [9.17, 15) is 9.59 Å². The molecule has 3 aromatic rings. The molecule has 3 rings (SSSR count). The first-order chi connectivity index (χ1) is 12.1. The molecular formula is C19H16N2O4. The van der Waals surface area contributed by atoms with Gasteiger partial charge in [0.25, 0.3) is 5.91 Å². The van der Waals surface area contributed by atoms with E-state index in [1.165, 1.54) is 0 Å². The molecule has 0 fully saturated rings. The highest BCUT2D eigenvalue weighted by Gasteiger charge is 2.17. The summed E-state index contributed by atoms with van der Waals surface area (Å²) in [6.07, 6.45) is 0. The Bertz CT molecular complexity index is 899. The summed E-state index contributed by atoms with van der Waals surface area (Å²) in [6, 6.07) is 16.6. The maximum Gasteiger partial charge on any atom is 0.322 e. The normalized spacial score (nSPS) is 10.4. The maximum absolute atomic E-state index is 11.9. The van der Waals surface area contributed by atoms with Crippen LogP contribution in [0.3, 0.4) is 0 Å². The Kier molecular flexibility index (Phi) is 4.61. The van der Waals surface area contributed by atoms with Gasteiger partial charge in [-0.2, -0.15) is 0 Å². The molecule has 0 spiro atoms. The van der Waals surface area contributed by atoms with Gasteiger partial charge in [-0.3, -0.25) is 9.59 Å². The average molecular weight is 336 g/mol. The van der Waals surface area contributed by atoms with Gasteiger partial charge in [0.1, 0.15) is 18.0 Å². The smallest absolute Gasteiger partial charge is 0.322 e. The standard InChI is InChI=1S/C19H16N2O4/c1-12-17(18(21-25-12)14-5-3-2-4-6-14)13-7-9-15(10-8-13)19(24)20-11-16(22)23/h2-10H,11H2,1H3,(H,20,24)(H,22,23). The van der Waals surface area contributed by atoms with E-state index in [1.54, 1.807) is 24.3 Å². The number of hydrogen-bond donors (Lipinski definition) is 2. The molecule has 0 aliphatic heterocycles. The number of aromatic nitrogens is 1. The fourth-order valence-electron chi connectivity index (χ4n) is 2.55. The number of amides is 1. The number of benzene rings is 2. The third kappa shape index (κ3) is 3.58. The summed E-state index contributed by atoms with van der Waals surface area (Å²) in [5.74, 6) is -0.834. The molecule has 0 bridgehead atoms. The van der Waals surface area contributed by atoms with Gasteiger partial charge in [0.2, 0.25) is 0 Å². The van der Waals surface area contributed by atoms with E-state index in [-0.39, 0.29) is 0 Å². The van der Waals surface area contributed by atoms with E-state index < -0.39 is 18.4 Å². The van der Waals surface area contributed by atoms with Crippen molar-refractivity contribution in [1.29, 1.82) is 0 Å². The fourth-order valence-corrected chi connectivity index (χ4v) is 2.55. The van der Waals surface area contributed by atoms with E-state index in [4.69, 9.17) is 9.63 Å². The predicted molar refractivity (Wildman–Crippen MR) is 92.1 cm³/mol. The monoisotopic (exact) mass is 336 g/mol. The van der Waals surface area contributed by atoms with Crippen LogP contribution in [0.1, 0.15) is 16.1 Å². The molecule has 1 aromatic heterocycles. The van der Waals surface area contributed by atoms with E-state index in [1.807, 2.05) is 37.3 Å². The highest BCUT2D eigenvalue weighted by Crippen LogP contribution is 2.34. The number of nitrogens with one attached hydrogen (secondary N) is 1. The van der Waals surface area contributed by atoms with Crippen LogP contribution in [-0.2, 0) is 4.79 Å². The molecule has 0 saturated heterocycles. The highest BCUT2D eigenvalue weighted by molar-refractivity contribution is 5.96. The first-order valence-corrected chi connectivity index (χ1v) is 7.68. The maximum atomic E-state index is 11.9. The van der Waals surface area contributed by atoms with Gasteiger partial charge in [-0.05, 0) is 24.6 Å². The lowest BCUT2D eigenvalue weighted by Crippen LogP contribution is -2.29. The molecule has 6 heteroatoms. The third-order valence-electron chi connectivity index (χ3n) is 3.75. The Balaban J connectivity index is 1.90. The van der Waals surface area contributed by atoms with Gasteiger partial charge in [0.15, 0.2) is 0 Å². The zero-order valence-electron chi connectivity index (χ0n) is 13.5. The number of aryl methyl sites for hydroxylation is 1. The zero-order valence-corrected chi connectivity index (χ0v) is 13.5. The molecule has 1 heterocycles. The lowest BCUT2D eigenvalue weighted by Gasteiger charge is -2.06. The van der Waals surface area contributed by atoms with Crippen molar-refractivity contribution in [3.05, 3.63) is 65.9 Å². The summed E-state index contributed by atoms with van der Waals surface area (Å²) in [5.41, 5.74) is 3.80. The average Bonchev–Trinajstić information content (AvgIpc) is 3.02. The van der Waals surface area contributed by atoms with Crippen LogP contribution in [-0.4, -0.2) is 28.7 Å². The first-order valence-electron chi connectivity index (χ1n) is 7.68. The zero-order chi connectivity index (χ0) is 17.8. The van der Waals surface area contributed by atoms with Crippen molar-refractivity contribution in [2.75, 3.05) is 6.54 Å². The molecule has 0 aliphatic rings. The van der Waals surface area contributed by atoms with Crippen molar-refractivity contribution in [2.45, 2.75) is 6.92 Å². The summed E-state index contributed by atoms with van der Waals surface area (Å²) < 4.78 is 5.35. The summed E-state index contributed by atoms with van der Waals surface area (Å²) in [7, 11) is 0. The van der Waals surface area contributed by atoms with E-state index in [0.717, 1.165) is 22.4 Å². The summed E-state index contributed by atoms with van der Waals surface area (Å²) in [5, 5.41) is 15.1. The van der Waals surface area contributed by atoms with E-state index >= 15 is 0 Å². The second-order valence-electron chi connectivity index (χ2n) is 5.48. The molecule has 1 amide bonds. The van der Waals surface area contributed by atoms with Crippen LogP contribution in [0.4, 0.5) is 0 Å². The molecule has 2 N–H and O–H groups in total. The van der Waals surface area contributed by atoms with Crippen LogP contribution in [0.5, 0.6) is 0 Å². The van der Waals surface area contributed by atoms with Gasteiger partial charge < -0.3 is 14.9 Å². The van der Waals surface area contributed by atoms with Gasteiger partial charge in [-0.1, -0.05) is 47.6 Å². The van der Waals surface area contributed by atoms with Gasteiger partial charge in [0, 0.05) is 11.1 Å². The molecule has 6 nitrogen and oxygen atoms in total. The second-order valence-corrected chi connectivity index (χ2v) is 5.48. The minimum absolute atomic E-state index is 0.389. The van der Waals surface area contributed by atoms with Crippen LogP contribution in [0, 0.1) is 6.92 Å². The SMILES string of the molecule is Cc1onc(-c2ccccc2)c1-c1ccc(C(=O)NCC(=O)O)cc1. The largest absolute Gasteiger partial charge is 0.480 e. The Hall–Kier alpha value is -3.41. The summed E-state index contributed by atoms with van der Waals surface area (Å²) in [6.45, 7) is 1.42. The molecule has 2 aromatic carbocycles. The molecule has 0 saturated carbocycles. The van der Waals surface area contributed by atoms with Gasteiger partial charge in [-0.15, -0.1) is 0 Å². The lowest BCUT2D eigenvalue weighted by atomic mass is 9.98. The Morgan fingerprint density at radius 3 is 2.36 bits per heavy atom. The van der Waals surface area contributed by atoms with Crippen molar-refractivity contribution < 1.29 is 19.2 Å². The molecule has 0 radical (unpaired) electrons. The Labute approximate surface area is 144 Å². The van der Waals surface area contributed by atoms with Crippen LogP contribution in [0.2, 0.25) is 0 Å². The van der Waals surface area contributed by atoms with E-state index in [2.05, 4.69) is 10.5 Å². The quantitative estimate of drug-likeness (QED) is 0.747. The van der Waals surface area contributed by atoms with Gasteiger partial charge in [0.05, 0.1) is 5.56 Å². The number of rotatable bonds is 5. The Morgan fingerprint density at radius 2 is 1.72 bits per heavy atom. The van der Waals surface area contributed by atoms with E-state index in [0.29, 0.717) is 11.3 Å². The number of carbonyl (C=O) groups is 2. The van der Waals surface area contributed by atoms with Gasteiger partial charge >= 0.3 is 5.97 Å². The molecule has 0 aliphatic carbocycles. The first kappa shape index (κ1) is 16.4. The van der Waals surface area contributed by atoms with Crippen molar-refractivity contribution in [3.63, 3.8) is 0 Å². The molecule has 0 atom stereocenters. The number of nitrogens with zero attached hydrogens (tertiary/aromatic N) is 1. The van der Waals surface area contributed by atoms with Crippen LogP contribution in [0.25, 0.3) is 22.4 Å². The minimum Gasteiger partial charge on any atom is -0.480 e. The predicted octanol–water partition coefficient (Wildman–Crippen LogP) is 3.13. The minimum atomic E-state index is -1.09.